The van der Waals surface area contributed by atoms with Crippen molar-refractivity contribution in [2.24, 2.45) is 0 Å². The van der Waals surface area contributed by atoms with E-state index in [0.29, 0.717) is 18.2 Å². The van der Waals surface area contributed by atoms with Crippen LogP contribution in [-0.2, 0) is 0 Å². The number of ether oxygens (including phenoxy) is 1. The summed E-state index contributed by atoms with van der Waals surface area (Å²) in [7, 11) is 0. The van der Waals surface area contributed by atoms with Crippen molar-refractivity contribution in [3.8, 4) is 17.1 Å². The van der Waals surface area contributed by atoms with Crippen LogP contribution in [0, 0.1) is 5.82 Å². The Labute approximate surface area is 107 Å². The number of nitrogens with zero attached hydrogens (tertiary/aromatic N) is 1. The van der Waals surface area contributed by atoms with Gasteiger partial charge in [0.2, 0.25) is 5.88 Å². The molecule has 0 unspecified atom stereocenters. The number of pyridine rings is 1. The highest BCUT2D eigenvalue weighted by atomic mass is 19.1. The molecule has 2 nitrogen and oxygen atoms in total. The lowest BCUT2D eigenvalue weighted by molar-refractivity contribution is 0.327. The predicted octanol–water partition coefficient (Wildman–Crippen LogP) is 4.31. The molecule has 0 fully saturated rings. The zero-order valence-electron chi connectivity index (χ0n) is 11.0. The van der Waals surface area contributed by atoms with Crippen molar-refractivity contribution < 1.29 is 9.13 Å². The van der Waals surface area contributed by atoms with Crippen LogP contribution in [0.5, 0.6) is 5.88 Å². The van der Waals surface area contributed by atoms with Crippen molar-refractivity contribution in [1.29, 1.82) is 0 Å². The summed E-state index contributed by atoms with van der Waals surface area (Å²) in [5, 5.41) is 0. The summed E-state index contributed by atoms with van der Waals surface area (Å²) in [5.74, 6) is 0.297. The van der Waals surface area contributed by atoms with Gasteiger partial charge < -0.3 is 4.74 Å². The van der Waals surface area contributed by atoms with Crippen LogP contribution in [0.2, 0.25) is 0 Å². The van der Waals surface area contributed by atoms with Crippen molar-refractivity contribution in [3.05, 3.63) is 48.3 Å². The molecule has 18 heavy (non-hydrogen) atoms. The Kier molecular flexibility index (Phi) is 5.85. The molecule has 2 rings (SSSR count). The first-order chi connectivity index (χ1) is 8.79. The molecule has 96 valence electrons. The molecule has 2 aromatic rings. The minimum absolute atomic E-state index is 0.263. The van der Waals surface area contributed by atoms with Gasteiger partial charge in [-0.1, -0.05) is 32.0 Å². The topological polar surface area (TPSA) is 22.1 Å². The van der Waals surface area contributed by atoms with Gasteiger partial charge in [-0.2, -0.15) is 0 Å². The Morgan fingerprint density at radius 2 is 1.83 bits per heavy atom. The summed E-state index contributed by atoms with van der Waals surface area (Å²) in [5.41, 5.74) is 1.46. The maximum atomic E-state index is 13.0. The summed E-state index contributed by atoms with van der Waals surface area (Å²) in [6, 6.07) is 11.8. The fourth-order valence-corrected chi connectivity index (χ4v) is 1.45. The van der Waals surface area contributed by atoms with Crippen LogP contribution in [0.15, 0.2) is 42.5 Å². The van der Waals surface area contributed by atoms with Crippen LogP contribution in [0.1, 0.15) is 20.8 Å². The summed E-state index contributed by atoms with van der Waals surface area (Å²) in [6.45, 7) is 6.47. The van der Waals surface area contributed by atoms with E-state index in [-0.39, 0.29) is 5.82 Å². The first-order valence-corrected chi connectivity index (χ1v) is 6.15. The van der Waals surface area contributed by atoms with Crippen LogP contribution >= 0.6 is 0 Å². The van der Waals surface area contributed by atoms with Crippen molar-refractivity contribution in [1.82, 2.24) is 4.98 Å². The standard InChI is InChI=1S/C13H12FNO.C2H6/c1-2-16-13-8-4-7-12(15-13)10-5-3-6-11(14)9-10;1-2/h3-9H,2H2,1H3;1-2H3. The maximum absolute atomic E-state index is 13.0. The van der Waals surface area contributed by atoms with E-state index < -0.39 is 0 Å². The Morgan fingerprint density at radius 1 is 1.11 bits per heavy atom. The van der Waals surface area contributed by atoms with Gasteiger partial charge in [-0.25, -0.2) is 9.37 Å². The van der Waals surface area contributed by atoms with Crippen molar-refractivity contribution >= 4 is 0 Å². The molecule has 0 aliphatic heterocycles. The number of hydrogen-bond donors (Lipinski definition) is 0. The molecule has 0 atom stereocenters. The average molecular weight is 247 g/mol. The minimum atomic E-state index is -0.263. The van der Waals surface area contributed by atoms with Gasteiger partial charge in [0.25, 0.3) is 0 Å². The molecule has 0 saturated heterocycles. The van der Waals surface area contributed by atoms with E-state index in [2.05, 4.69) is 4.98 Å². The van der Waals surface area contributed by atoms with Gasteiger partial charge in [0.15, 0.2) is 0 Å². The summed E-state index contributed by atoms with van der Waals surface area (Å²) >= 11 is 0. The summed E-state index contributed by atoms with van der Waals surface area (Å²) < 4.78 is 18.3. The number of benzene rings is 1. The minimum Gasteiger partial charge on any atom is -0.478 e. The lowest BCUT2D eigenvalue weighted by Gasteiger charge is -2.05. The van der Waals surface area contributed by atoms with E-state index in [4.69, 9.17) is 4.74 Å². The molecule has 0 radical (unpaired) electrons. The molecule has 0 bridgehead atoms. The van der Waals surface area contributed by atoms with Crippen LogP contribution in [0.25, 0.3) is 11.3 Å². The van der Waals surface area contributed by atoms with Gasteiger partial charge in [0.1, 0.15) is 5.82 Å². The third kappa shape index (κ3) is 3.84. The molecule has 1 aromatic heterocycles. The smallest absolute Gasteiger partial charge is 0.213 e. The Morgan fingerprint density at radius 3 is 2.50 bits per heavy atom. The summed E-state index contributed by atoms with van der Waals surface area (Å²) in [6.07, 6.45) is 0. The monoisotopic (exact) mass is 247 g/mol. The fraction of sp³-hybridized carbons (Fsp3) is 0.267. The number of halogens is 1. The third-order valence-corrected chi connectivity index (χ3v) is 2.14. The first kappa shape index (κ1) is 14.2. The van der Waals surface area contributed by atoms with Crippen LogP contribution in [0.3, 0.4) is 0 Å². The lowest BCUT2D eigenvalue weighted by Crippen LogP contribution is -1.95. The molecule has 3 heteroatoms. The normalized spacial score (nSPS) is 9.33. The lowest BCUT2D eigenvalue weighted by atomic mass is 10.1. The molecule has 0 aliphatic carbocycles. The first-order valence-electron chi connectivity index (χ1n) is 6.15. The second kappa shape index (κ2) is 7.43. The molecule has 0 spiro atoms. The number of hydrogen-bond acceptors (Lipinski definition) is 2. The van der Waals surface area contributed by atoms with Crippen LogP contribution in [0.4, 0.5) is 4.39 Å². The van der Waals surface area contributed by atoms with E-state index in [1.165, 1.54) is 12.1 Å². The van der Waals surface area contributed by atoms with E-state index in [1.54, 1.807) is 12.1 Å². The Hall–Kier alpha value is -1.90. The highest BCUT2D eigenvalue weighted by Crippen LogP contribution is 2.20. The molecule has 1 heterocycles. The third-order valence-electron chi connectivity index (χ3n) is 2.14. The van der Waals surface area contributed by atoms with E-state index in [1.807, 2.05) is 39.0 Å². The van der Waals surface area contributed by atoms with Crippen molar-refractivity contribution in [3.63, 3.8) is 0 Å². The van der Waals surface area contributed by atoms with Gasteiger partial charge in [-0.15, -0.1) is 0 Å². The molecule has 1 aromatic carbocycles. The maximum Gasteiger partial charge on any atom is 0.213 e. The number of rotatable bonds is 3. The van der Waals surface area contributed by atoms with E-state index in [0.717, 1.165) is 5.56 Å². The van der Waals surface area contributed by atoms with Crippen molar-refractivity contribution in [2.45, 2.75) is 20.8 Å². The highest BCUT2D eigenvalue weighted by molar-refractivity contribution is 5.59. The average Bonchev–Trinajstić information content (AvgIpc) is 2.42. The quantitative estimate of drug-likeness (QED) is 0.806. The molecular formula is C15H18FNO. The zero-order valence-corrected chi connectivity index (χ0v) is 11.0. The molecule has 0 aliphatic rings. The number of aromatic nitrogens is 1. The molecule has 0 N–H and O–H groups in total. The molecule has 0 amide bonds. The molecule has 0 saturated carbocycles. The Bertz CT molecular complexity index is 485. The molecular weight excluding hydrogens is 229 g/mol. The van der Waals surface area contributed by atoms with E-state index in [9.17, 15) is 4.39 Å². The fourth-order valence-electron chi connectivity index (χ4n) is 1.45. The SMILES string of the molecule is CC.CCOc1cccc(-c2cccc(F)c2)n1. The van der Waals surface area contributed by atoms with Gasteiger partial charge in [0, 0.05) is 11.6 Å². The highest BCUT2D eigenvalue weighted by Gasteiger charge is 2.02. The van der Waals surface area contributed by atoms with Gasteiger partial charge in [-0.05, 0) is 25.1 Å². The van der Waals surface area contributed by atoms with Crippen LogP contribution < -0.4 is 4.74 Å². The summed E-state index contributed by atoms with van der Waals surface area (Å²) in [4.78, 5) is 4.28. The zero-order chi connectivity index (χ0) is 13.4. The second-order valence-electron chi connectivity index (χ2n) is 3.30. The Balaban J connectivity index is 0.000000771. The predicted molar refractivity (Wildman–Crippen MR) is 72.1 cm³/mol. The largest absolute Gasteiger partial charge is 0.478 e. The van der Waals surface area contributed by atoms with Gasteiger partial charge in [-0.3, -0.25) is 0 Å². The van der Waals surface area contributed by atoms with Crippen molar-refractivity contribution in [2.75, 3.05) is 6.61 Å². The van der Waals surface area contributed by atoms with Crippen LogP contribution in [-0.4, -0.2) is 11.6 Å². The van der Waals surface area contributed by atoms with Gasteiger partial charge >= 0.3 is 0 Å². The second-order valence-corrected chi connectivity index (χ2v) is 3.30. The van der Waals surface area contributed by atoms with Gasteiger partial charge in [0.05, 0.1) is 12.3 Å². The van der Waals surface area contributed by atoms with E-state index >= 15 is 0 Å².